The minimum absolute atomic E-state index is 0.157. The van der Waals surface area contributed by atoms with Crippen LogP contribution in [0.15, 0.2) is 48.5 Å². The first kappa shape index (κ1) is 20.2. The molecule has 2 amide bonds. The minimum atomic E-state index is -0.295. The van der Waals surface area contributed by atoms with Crippen LogP contribution in [0, 0.1) is 11.6 Å². The van der Waals surface area contributed by atoms with Crippen LogP contribution in [0.25, 0.3) is 0 Å². The maximum atomic E-state index is 13.6. The van der Waals surface area contributed by atoms with E-state index in [1.54, 1.807) is 24.3 Å². The summed E-state index contributed by atoms with van der Waals surface area (Å²) in [6, 6.07) is 12.3. The van der Waals surface area contributed by atoms with Crippen LogP contribution in [0.3, 0.4) is 0 Å². The zero-order valence-corrected chi connectivity index (χ0v) is 18.0. The molecule has 0 spiro atoms. The highest BCUT2D eigenvalue weighted by Crippen LogP contribution is 2.45. The van der Waals surface area contributed by atoms with E-state index in [4.69, 9.17) is 0 Å². The van der Waals surface area contributed by atoms with E-state index in [1.165, 1.54) is 58.0 Å². The number of rotatable bonds is 3. The molecule has 0 saturated heterocycles. The Morgan fingerprint density at radius 1 is 0.935 bits per heavy atom. The maximum Gasteiger partial charge on any atom is 0.318 e. The molecule has 31 heavy (non-hydrogen) atoms. The van der Waals surface area contributed by atoms with Crippen LogP contribution in [0.1, 0.15) is 50.9 Å². The molecule has 160 valence electrons. The number of halogens is 2. The molecule has 0 saturated carbocycles. The molecule has 1 N–H and O–H groups in total. The van der Waals surface area contributed by atoms with E-state index < -0.39 is 0 Å². The van der Waals surface area contributed by atoms with Gasteiger partial charge in [-0.05, 0) is 78.6 Å². The molecule has 3 nitrogen and oxygen atoms in total. The number of amides is 2. The van der Waals surface area contributed by atoms with Crippen molar-refractivity contribution in [3.63, 3.8) is 0 Å². The van der Waals surface area contributed by atoms with Crippen molar-refractivity contribution in [3.8, 4) is 0 Å². The second-order valence-electron chi connectivity index (χ2n) is 8.24. The predicted molar refractivity (Wildman–Crippen MR) is 118 cm³/mol. The standard InChI is InChI=1S/C25H24F2N2OS/c26-18-9-5-16(6-10-18)15-28-25(30)29-14-13-21-20-3-1-2-4-22(20)31-24(21)23(29)17-7-11-19(27)12-8-17/h5-12,23H,1-4,13-15H2,(H,28,30). The normalized spacial score (nSPS) is 17.7. The SMILES string of the molecule is O=C(NCc1ccc(F)cc1)N1CCc2c(sc3c2CCCC3)C1c1ccc(F)cc1. The van der Waals surface area contributed by atoms with Gasteiger partial charge < -0.3 is 10.2 Å². The summed E-state index contributed by atoms with van der Waals surface area (Å²) >= 11 is 1.83. The Hall–Kier alpha value is -2.73. The summed E-state index contributed by atoms with van der Waals surface area (Å²) in [5.41, 5.74) is 4.66. The number of nitrogens with zero attached hydrogens (tertiary/aromatic N) is 1. The Kier molecular flexibility index (Phi) is 5.48. The number of nitrogens with one attached hydrogen (secondary N) is 1. The summed E-state index contributed by atoms with van der Waals surface area (Å²) in [4.78, 5) is 17.8. The van der Waals surface area contributed by atoms with Crippen LogP contribution >= 0.6 is 11.3 Å². The molecule has 1 aliphatic carbocycles. The average Bonchev–Trinajstić information content (AvgIpc) is 3.17. The number of aryl methyl sites for hydroxylation is 1. The molecule has 3 aromatic rings. The van der Waals surface area contributed by atoms with Gasteiger partial charge in [0.2, 0.25) is 0 Å². The quantitative estimate of drug-likeness (QED) is 0.554. The Balaban J connectivity index is 1.45. The fraction of sp³-hybridized carbons (Fsp3) is 0.320. The lowest BCUT2D eigenvalue weighted by Gasteiger charge is -2.36. The number of fused-ring (bicyclic) bond motifs is 3. The Morgan fingerprint density at radius 2 is 1.61 bits per heavy atom. The van der Waals surface area contributed by atoms with E-state index in [1.807, 2.05) is 16.2 Å². The van der Waals surface area contributed by atoms with Crippen molar-refractivity contribution in [1.29, 1.82) is 0 Å². The number of urea groups is 1. The molecule has 1 atom stereocenters. The molecule has 2 aliphatic rings. The number of carbonyl (C=O) groups is 1. The molecule has 1 unspecified atom stereocenters. The first-order valence-corrected chi connectivity index (χ1v) is 11.6. The molecule has 1 aromatic heterocycles. The third kappa shape index (κ3) is 3.97. The lowest BCUT2D eigenvalue weighted by atomic mass is 9.88. The predicted octanol–water partition coefficient (Wildman–Crippen LogP) is 5.76. The number of hydrogen-bond acceptors (Lipinski definition) is 2. The van der Waals surface area contributed by atoms with Crippen LogP contribution in [0.5, 0.6) is 0 Å². The topological polar surface area (TPSA) is 32.3 Å². The molecule has 0 radical (unpaired) electrons. The highest BCUT2D eigenvalue weighted by Gasteiger charge is 2.36. The van der Waals surface area contributed by atoms with Gasteiger partial charge in [-0.3, -0.25) is 0 Å². The van der Waals surface area contributed by atoms with E-state index in [0.29, 0.717) is 13.1 Å². The summed E-state index contributed by atoms with van der Waals surface area (Å²) in [6.45, 7) is 0.951. The van der Waals surface area contributed by atoms with Crippen molar-refractivity contribution in [2.24, 2.45) is 0 Å². The Labute approximate surface area is 184 Å². The fourth-order valence-corrected chi connectivity index (χ4v) is 6.31. The van der Waals surface area contributed by atoms with Crippen molar-refractivity contribution in [3.05, 3.63) is 92.2 Å². The molecule has 6 heteroatoms. The monoisotopic (exact) mass is 438 g/mol. The van der Waals surface area contributed by atoms with Crippen molar-refractivity contribution in [2.75, 3.05) is 6.54 Å². The van der Waals surface area contributed by atoms with Crippen LogP contribution < -0.4 is 5.32 Å². The number of hydrogen-bond donors (Lipinski definition) is 1. The van der Waals surface area contributed by atoms with Gasteiger partial charge in [-0.15, -0.1) is 11.3 Å². The van der Waals surface area contributed by atoms with E-state index >= 15 is 0 Å². The van der Waals surface area contributed by atoms with Gasteiger partial charge in [0.1, 0.15) is 11.6 Å². The van der Waals surface area contributed by atoms with Crippen molar-refractivity contribution in [2.45, 2.75) is 44.7 Å². The van der Waals surface area contributed by atoms with Crippen LogP contribution in [-0.2, 0) is 25.8 Å². The second-order valence-corrected chi connectivity index (χ2v) is 9.37. The first-order chi connectivity index (χ1) is 15.1. The van der Waals surface area contributed by atoms with Crippen LogP contribution in [-0.4, -0.2) is 17.5 Å². The smallest absolute Gasteiger partial charge is 0.318 e. The molecule has 5 rings (SSSR count). The number of carbonyl (C=O) groups excluding carboxylic acids is 1. The molecular formula is C25H24F2N2OS. The summed E-state index contributed by atoms with van der Waals surface area (Å²) in [6.07, 6.45) is 5.52. The fourth-order valence-electron chi connectivity index (χ4n) is 4.73. The van der Waals surface area contributed by atoms with E-state index in [-0.39, 0.29) is 23.7 Å². The third-order valence-corrected chi connectivity index (χ3v) is 7.66. The number of thiophene rings is 1. The Bertz CT molecular complexity index is 1090. The minimum Gasteiger partial charge on any atom is -0.334 e. The first-order valence-electron chi connectivity index (χ1n) is 10.8. The third-order valence-electron chi connectivity index (χ3n) is 6.28. The molecule has 1 aliphatic heterocycles. The van der Waals surface area contributed by atoms with Gasteiger partial charge in [0.05, 0.1) is 6.04 Å². The highest BCUT2D eigenvalue weighted by molar-refractivity contribution is 7.12. The molecule has 2 aromatic carbocycles. The lowest BCUT2D eigenvalue weighted by molar-refractivity contribution is 0.180. The molecular weight excluding hydrogens is 414 g/mol. The van der Waals surface area contributed by atoms with E-state index in [0.717, 1.165) is 30.4 Å². The second kappa shape index (κ2) is 8.42. The number of benzene rings is 2. The summed E-state index contributed by atoms with van der Waals surface area (Å²) < 4.78 is 26.8. The van der Waals surface area contributed by atoms with Crippen molar-refractivity contribution < 1.29 is 13.6 Å². The van der Waals surface area contributed by atoms with Crippen LogP contribution in [0.2, 0.25) is 0 Å². The lowest BCUT2D eigenvalue weighted by Crippen LogP contribution is -2.45. The zero-order chi connectivity index (χ0) is 21.4. The van der Waals surface area contributed by atoms with Gasteiger partial charge in [0.15, 0.2) is 0 Å². The van der Waals surface area contributed by atoms with Crippen molar-refractivity contribution >= 4 is 17.4 Å². The zero-order valence-electron chi connectivity index (χ0n) is 17.2. The molecule has 2 heterocycles. The van der Waals surface area contributed by atoms with Gasteiger partial charge in [-0.1, -0.05) is 24.3 Å². The van der Waals surface area contributed by atoms with Crippen LogP contribution in [0.4, 0.5) is 13.6 Å². The summed E-state index contributed by atoms with van der Waals surface area (Å²) in [7, 11) is 0. The maximum absolute atomic E-state index is 13.6. The van der Waals surface area contributed by atoms with Gasteiger partial charge in [0, 0.05) is 22.8 Å². The molecule has 0 bridgehead atoms. The van der Waals surface area contributed by atoms with Crippen molar-refractivity contribution in [1.82, 2.24) is 10.2 Å². The average molecular weight is 439 g/mol. The van der Waals surface area contributed by atoms with E-state index in [2.05, 4.69) is 5.32 Å². The Morgan fingerprint density at radius 3 is 2.35 bits per heavy atom. The van der Waals surface area contributed by atoms with Gasteiger partial charge in [-0.2, -0.15) is 0 Å². The van der Waals surface area contributed by atoms with Gasteiger partial charge in [-0.25, -0.2) is 13.6 Å². The van der Waals surface area contributed by atoms with E-state index in [9.17, 15) is 13.6 Å². The largest absolute Gasteiger partial charge is 0.334 e. The summed E-state index contributed by atoms with van der Waals surface area (Å²) in [5.74, 6) is -0.575. The highest BCUT2D eigenvalue weighted by atomic mass is 32.1. The molecule has 0 fully saturated rings. The van der Waals surface area contributed by atoms with Gasteiger partial charge in [0.25, 0.3) is 0 Å². The van der Waals surface area contributed by atoms with Gasteiger partial charge >= 0.3 is 6.03 Å². The summed E-state index contributed by atoms with van der Waals surface area (Å²) in [5, 5.41) is 2.99.